The summed E-state index contributed by atoms with van der Waals surface area (Å²) < 4.78 is 10.9. The Bertz CT molecular complexity index is 1210. The molecule has 0 radical (unpaired) electrons. The van der Waals surface area contributed by atoms with Crippen LogP contribution in [0, 0.1) is 0 Å². The molecule has 24 heavy (non-hydrogen) atoms. The quantitative estimate of drug-likeness (QED) is 0.319. The lowest BCUT2D eigenvalue weighted by atomic mass is 9.93. The van der Waals surface area contributed by atoms with E-state index in [4.69, 9.17) is 9.15 Å². The molecular formula is C21H14O3. The highest BCUT2D eigenvalue weighted by atomic mass is 16.5. The van der Waals surface area contributed by atoms with Gasteiger partial charge in [-0.15, -0.1) is 0 Å². The minimum atomic E-state index is -0.421. The average Bonchev–Trinajstić information content (AvgIpc) is 3.03. The molecule has 5 aromatic rings. The number of benzene rings is 4. The Labute approximate surface area is 137 Å². The van der Waals surface area contributed by atoms with E-state index >= 15 is 0 Å². The van der Waals surface area contributed by atoms with E-state index in [1.807, 2.05) is 0 Å². The van der Waals surface area contributed by atoms with Crippen LogP contribution in [-0.2, 0) is 4.74 Å². The highest BCUT2D eigenvalue weighted by Crippen LogP contribution is 2.39. The number of furan rings is 1. The first-order valence-electron chi connectivity index (χ1n) is 8.03. The van der Waals surface area contributed by atoms with Gasteiger partial charge in [0.1, 0.15) is 5.58 Å². The minimum absolute atomic E-state index is 0.252. The van der Waals surface area contributed by atoms with E-state index in [1.54, 1.807) is 13.0 Å². The van der Waals surface area contributed by atoms with Gasteiger partial charge in [-0.3, -0.25) is 0 Å². The number of fused-ring (bicyclic) bond motifs is 2. The SMILES string of the molecule is CCOC(=O)c1cc2cc3ccc4cccc5ccc(c2o1)c3c45. The molecule has 0 aliphatic carbocycles. The van der Waals surface area contributed by atoms with Crippen LogP contribution < -0.4 is 0 Å². The van der Waals surface area contributed by atoms with Crippen LogP contribution in [0.5, 0.6) is 0 Å². The van der Waals surface area contributed by atoms with Crippen molar-refractivity contribution in [2.45, 2.75) is 6.92 Å². The molecule has 0 saturated heterocycles. The third kappa shape index (κ3) is 1.69. The highest BCUT2D eigenvalue weighted by molar-refractivity contribution is 6.28. The maximum atomic E-state index is 12.0. The summed E-state index contributed by atoms with van der Waals surface area (Å²) in [6.45, 7) is 2.12. The summed E-state index contributed by atoms with van der Waals surface area (Å²) >= 11 is 0. The Morgan fingerprint density at radius 1 is 0.917 bits per heavy atom. The van der Waals surface area contributed by atoms with Gasteiger partial charge in [0.05, 0.1) is 6.61 Å². The van der Waals surface area contributed by atoms with E-state index in [-0.39, 0.29) is 5.76 Å². The molecule has 1 aromatic heterocycles. The minimum Gasteiger partial charge on any atom is -0.460 e. The van der Waals surface area contributed by atoms with E-state index in [1.165, 1.54) is 21.5 Å². The third-order valence-corrected chi connectivity index (χ3v) is 4.60. The predicted octanol–water partition coefficient (Wildman–Crippen LogP) is 5.51. The second kappa shape index (κ2) is 4.71. The first-order valence-corrected chi connectivity index (χ1v) is 8.03. The fourth-order valence-corrected chi connectivity index (χ4v) is 3.61. The first kappa shape index (κ1) is 13.4. The van der Waals surface area contributed by atoms with E-state index < -0.39 is 5.97 Å². The molecule has 0 atom stereocenters. The van der Waals surface area contributed by atoms with Gasteiger partial charge in [0.15, 0.2) is 0 Å². The molecule has 0 aliphatic heterocycles. The van der Waals surface area contributed by atoms with Gasteiger partial charge >= 0.3 is 5.97 Å². The Balaban J connectivity index is 1.94. The molecule has 0 unspecified atom stereocenters. The molecule has 3 heteroatoms. The largest absolute Gasteiger partial charge is 0.460 e. The summed E-state index contributed by atoms with van der Waals surface area (Å²) in [5, 5.41) is 7.94. The number of carbonyl (C=O) groups is 1. The van der Waals surface area contributed by atoms with Crippen molar-refractivity contribution in [1.82, 2.24) is 0 Å². The molecule has 0 N–H and O–H groups in total. The van der Waals surface area contributed by atoms with Crippen molar-refractivity contribution in [3.05, 3.63) is 60.4 Å². The summed E-state index contributed by atoms with van der Waals surface area (Å²) in [4.78, 5) is 12.0. The van der Waals surface area contributed by atoms with Crippen LogP contribution in [0.4, 0.5) is 0 Å². The maximum Gasteiger partial charge on any atom is 0.374 e. The summed E-state index contributed by atoms with van der Waals surface area (Å²) in [5.41, 5.74) is 0.740. The summed E-state index contributed by atoms with van der Waals surface area (Å²) in [7, 11) is 0. The molecule has 5 rings (SSSR count). The van der Waals surface area contributed by atoms with Crippen molar-refractivity contribution in [3.63, 3.8) is 0 Å². The third-order valence-electron chi connectivity index (χ3n) is 4.60. The normalized spacial score (nSPS) is 11.9. The van der Waals surface area contributed by atoms with Crippen molar-refractivity contribution in [2.24, 2.45) is 0 Å². The number of rotatable bonds is 2. The monoisotopic (exact) mass is 314 g/mol. The summed E-state index contributed by atoms with van der Waals surface area (Å²) in [5.74, 6) is -0.169. The molecule has 1 heterocycles. The maximum absolute atomic E-state index is 12.0. The van der Waals surface area contributed by atoms with Gasteiger partial charge in [0.2, 0.25) is 5.76 Å². The van der Waals surface area contributed by atoms with Crippen molar-refractivity contribution < 1.29 is 13.9 Å². The van der Waals surface area contributed by atoms with E-state index in [0.29, 0.717) is 6.61 Å². The Hall–Kier alpha value is -3.07. The zero-order valence-electron chi connectivity index (χ0n) is 13.1. The number of esters is 1. The molecular weight excluding hydrogens is 300 g/mol. The standard InChI is InChI=1S/C21H14O3/c1-2-23-21(22)17-11-15-10-14-7-6-12-4-3-5-13-8-9-16(20(15)24-17)19(14)18(12)13/h3-11H,2H2,1H3. The van der Waals surface area contributed by atoms with Crippen LogP contribution in [-0.4, -0.2) is 12.6 Å². The van der Waals surface area contributed by atoms with Gasteiger partial charge in [-0.2, -0.15) is 0 Å². The van der Waals surface area contributed by atoms with Crippen molar-refractivity contribution in [1.29, 1.82) is 0 Å². The van der Waals surface area contributed by atoms with E-state index in [2.05, 4.69) is 48.5 Å². The zero-order valence-corrected chi connectivity index (χ0v) is 13.1. The molecule has 0 spiro atoms. The lowest BCUT2D eigenvalue weighted by molar-refractivity contribution is 0.0493. The lowest BCUT2D eigenvalue weighted by Gasteiger charge is -2.10. The smallest absolute Gasteiger partial charge is 0.374 e. The molecule has 0 amide bonds. The number of ether oxygens (including phenoxy) is 1. The first-order chi connectivity index (χ1) is 11.8. The van der Waals surface area contributed by atoms with Crippen molar-refractivity contribution >= 4 is 49.3 Å². The Morgan fingerprint density at radius 2 is 1.67 bits per heavy atom. The van der Waals surface area contributed by atoms with Crippen LogP contribution in [0.15, 0.2) is 59.0 Å². The van der Waals surface area contributed by atoms with Gasteiger partial charge in [0, 0.05) is 16.2 Å². The molecule has 4 aromatic carbocycles. The van der Waals surface area contributed by atoms with Gasteiger partial charge < -0.3 is 9.15 Å². The molecule has 116 valence electrons. The van der Waals surface area contributed by atoms with Crippen molar-refractivity contribution in [3.8, 4) is 0 Å². The molecule has 0 fully saturated rings. The van der Waals surface area contributed by atoms with Crippen molar-refractivity contribution in [2.75, 3.05) is 6.61 Å². The molecule has 3 nitrogen and oxygen atoms in total. The van der Waals surface area contributed by atoms with Gasteiger partial charge in [-0.1, -0.05) is 36.4 Å². The number of hydrogen-bond donors (Lipinski definition) is 0. The molecule has 0 bridgehead atoms. The number of hydrogen-bond acceptors (Lipinski definition) is 3. The fourth-order valence-electron chi connectivity index (χ4n) is 3.61. The second-order valence-corrected chi connectivity index (χ2v) is 5.98. The Morgan fingerprint density at radius 3 is 2.46 bits per heavy atom. The van der Waals surface area contributed by atoms with Crippen LogP contribution in [0.3, 0.4) is 0 Å². The van der Waals surface area contributed by atoms with Gasteiger partial charge in [0.25, 0.3) is 0 Å². The van der Waals surface area contributed by atoms with E-state index in [9.17, 15) is 4.79 Å². The van der Waals surface area contributed by atoms with Crippen LogP contribution in [0.2, 0.25) is 0 Å². The topological polar surface area (TPSA) is 39.4 Å². The lowest BCUT2D eigenvalue weighted by Crippen LogP contribution is -2.02. The van der Waals surface area contributed by atoms with E-state index in [0.717, 1.165) is 21.7 Å². The van der Waals surface area contributed by atoms with Gasteiger partial charge in [-0.25, -0.2) is 4.79 Å². The molecule has 0 saturated carbocycles. The average molecular weight is 314 g/mol. The zero-order chi connectivity index (χ0) is 16.3. The molecule has 0 aliphatic rings. The highest BCUT2D eigenvalue weighted by Gasteiger charge is 2.17. The van der Waals surface area contributed by atoms with Crippen LogP contribution in [0.1, 0.15) is 17.5 Å². The van der Waals surface area contributed by atoms with Crippen LogP contribution in [0.25, 0.3) is 43.3 Å². The second-order valence-electron chi connectivity index (χ2n) is 5.98. The van der Waals surface area contributed by atoms with Crippen LogP contribution >= 0.6 is 0 Å². The summed E-state index contributed by atoms with van der Waals surface area (Å²) in [6.07, 6.45) is 0. The fraction of sp³-hybridized carbons (Fsp3) is 0.0952. The van der Waals surface area contributed by atoms with Gasteiger partial charge in [-0.05, 0) is 46.7 Å². The predicted molar refractivity (Wildman–Crippen MR) is 95.9 cm³/mol. The Kier molecular flexibility index (Phi) is 2.63. The number of carbonyl (C=O) groups excluding carboxylic acids is 1. The summed E-state index contributed by atoms with van der Waals surface area (Å²) in [6, 6.07) is 18.6.